The minimum absolute atomic E-state index is 0.693. The van der Waals surface area contributed by atoms with Gasteiger partial charge in [-0.05, 0) is 19.0 Å². The van der Waals surface area contributed by atoms with Crippen LogP contribution in [0.2, 0.25) is 12.6 Å². The lowest BCUT2D eigenvalue weighted by Crippen LogP contribution is -2.36. The van der Waals surface area contributed by atoms with Crippen LogP contribution in [0.5, 0.6) is 0 Å². The Morgan fingerprint density at radius 1 is 1.33 bits per heavy atom. The Balaban J connectivity index is 3.51. The van der Waals surface area contributed by atoms with Gasteiger partial charge in [-0.3, -0.25) is 0 Å². The summed E-state index contributed by atoms with van der Waals surface area (Å²) >= 11 is 0. The minimum Gasteiger partial charge on any atom is -0.502 e. The lowest BCUT2D eigenvalue weighted by Gasteiger charge is -2.22. The molecule has 0 aliphatic rings. The highest BCUT2D eigenvalue weighted by Gasteiger charge is 2.27. The fraction of sp³-hybridized carbons (Fsp3) is 0.750. The predicted molar refractivity (Wildman–Crippen MR) is 51.2 cm³/mol. The van der Waals surface area contributed by atoms with E-state index in [9.17, 15) is 0 Å². The minimum atomic E-state index is -1.86. The molecule has 0 aromatic carbocycles. The van der Waals surface area contributed by atoms with E-state index in [2.05, 4.69) is 6.58 Å². The molecule has 72 valence electrons. The van der Waals surface area contributed by atoms with E-state index in [1.165, 1.54) is 6.26 Å². The third-order valence-electron chi connectivity index (χ3n) is 1.87. The summed E-state index contributed by atoms with van der Waals surface area (Å²) in [6, 6.07) is 0.952. The first kappa shape index (κ1) is 11.7. The Labute approximate surface area is 75.6 Å². The van der Waals surface area contributed by atoms with Gasteiger partial charge in [-0.2, -0.15) is 0 Å². The second-order valence-electron chi connectivity index (χ2n) is 2.68. The third-order valence-corrected chi connectivity index (χ3v) is 4.86. The zero-order valence-electron chi connectivity index (χ0n) is 8.13. The molecular formula is C8H18O3Si. The van der Waals surface area contributed by atoms with Gasteiger partial charge < -0.3 is 13.6 Å². The maximum atomic E-state index is 5.30. The van der Waals surface area contributed by atoms with Crippen LogP contribution in [0, 0.1) is 0 Å². The van der Waals surface area contributed by atoms with Crippen molar-refractivity contribution >= 4 is 8.56 Å². The zero-order valence-corrected chi connectivity index (χ0v) is 9.13. The molecule has 4 heteroatoms. The lowest BCUT2D eigenvalue weighted by molar-refractivity contribution is 0.226. The van der Waals surface area contributed by atoms with Crippen LogP contribution in [-0.2, 0) is 13.6 Å². The molecule has 0 atom stereocenters. The van der Waals surface area contributed by atoms with Crippen LogP contribution in [0.1, 0.15) is 6.42 Å². The standard InChI is InChI=1S/C8H18O3Si/c1-5-11-7-6-8-12(4,9-2)10-3/h5H,1,6-8H2,2-4H3. The molecular weight excluding hydrogens is 172 g/mol. The second-order valence-corrected chi connectivity index (χ2v) is 6.27. The van der Waals surface area contributed by atoms with Crippen LogP contribution in [0.15, 0.2) is 12.8 Å². The lowest BCUT2D eigenvalue weighted by atomic mass is 10.5. The van der Waals surface area contributed by atoms with Gasteiger partial charge in [0.25, 0.3) is 0 Å². The van der Waals surface area contributed by atoms with Crippen molar-refractivity contribution in [2.75, 3.05) is 20.8 Å². The van der Waals surface area contributed by atoms with E-state index in [4.69, 9.17) is 13.6 Å². The van der Waals surface area contributed by atoms with Crippen molar-refractivity contribution in [3.8, 4) is 0 Å². The predicted octanol–water partition coefficient (Wildman–Crippen LogP) is 1.90. The molecule has 0 saturated carbocycles. The first-order valence-electron chi connectivity index (χ1n) is 4.01. The molecule has 0 aromatic rings. The molecule has 0 saturated heterocycles. The Bertz CT molecular complexity index is 123. The third kappa shape index (κ3) is 4.53. The number of ether oxygens (including phenoxy) is 1. The fourth-order valence-electron chi connectivity index (χ4n) is 0.847. The Hall–Kier alpha value is -0.323. The summed E-state index contributed by atoms with van der Waals surface area (Å²) < 4.78 is 15.6. The first-order chi connectivity index (χ1) is 5.68. The average Bonchev–Trinajstić information content (AvgIpc) is 2.12. The van der Waals surface area contributed by atoms with E-state index >= 15 is 0 Å². The summed E-state index contributed by atoms with van der Waals surface area (Å²) in [5.41, 5.74) is 0. The van der Waals surface area contributed by atoms with E-state index in [0.29, 0.717) is 6.61 Å². The molecule has 0 radical (unpaired) electrons. The molecule has 0 bridgehead atoms. The van der Waals surface area contributed by atoms with Crippen molar-refractivity contribution in [3.05, 3.63) is 12.8 Å². The molecule has 0 spiro atoms. The summed E-state index contributed by atoms with van der Waals surface area (Å²) in [6.45, 7) is 6.20. The van der Waals surface area contributed by atoms with Crippen molar-refractivity contribution in [2.24, 2.45) is 0 Å². The number of rotatable bonds is 7. The maximum absolute atomic E-state index is 5.30. The molecule has 12 heavy (non-hydrogen) atoms. The highest BCUT2D eigenvalue weighted by molar-refractivity contribution is 6.65. The monoisotopic (exact) mass is 190 g/mol. The summed E-state index contributed by atoms with van der Waals surface area (Å²) in [5, 5.41) is 0. The van der Waals surface area contributed by atoms with Crippen molar-refractivity contribution in [3.63, 3.8) is 0 Å². The molecule has 0 aliphatic carbocycles. The van der Waals surface area contributed by atoms with Gasteiger partial charge in [-0.25, -0.2) is 0 Å². The van der Waals surface area contributed by atoms with E-state index in [-0.39, 0.29) is 0 Å². The topological polar surface area (TPSA) is 27.7 Å². The van der Waals surface area contributed by atoms with Crippen LogP contribution < -0.4 is 0 Å². The van der Waals surface area contributed by atoms with Crippen LogP contribution in [0.25, 0.3) is 0 Å². The van der Waals surface area contributed by atoms with Crippen molar-refractivity contribution < 1.29 is 13.6 Å². The SMILES string of the molecule is C=COCCC[Si](C)(OC)OC. The van der Waals surface area contributed by atoms with Crippen LogP contribution in [0.3, 0.4) is 0 Å². The Morgan fingerprint density at radius 3 is 2.33 bits per heavy atom. The van der Waals surface area contributed by atoms with Crippen LogP contribution in [-0.4, -0.2) is 29.4 Å². The van der Waals surface area contributed by atoms with Gasteiger partial charge in [0.2, 0.25) is 0 Å². The zero-order chi connectivity index (χ0) is 9.45. The van der Waals surface area contributed by atoms with E-state index < -0.39 is 8.56 Å². The largest absolute Gasteiger partial charge is 0.502 e. The number of hydrogen-bond donors (Lipinski definition) is 0. The molecule has 0 amide bonds. The molecule has 0 aromatic heterocycles. The van der Waals surface area contributed by atoms with E-state index in [1.807, 2.05) is 6.55 Å². The van der Waals surface area contributed by atoms with Crippen LogP contribution in [0.4, 0.5) is 0 Å². The van der Waals surface area contributed by atoms with Gasteiger partial charge >= 0.3 is 8.56 Å². The fourth-order valence-corrected chi connectivity index (χ4v) is 2.21. The quantitative estimate of drug-likeness (QED) is 0.348. The summed E-state index contributed by atoms with van der Waals surface area (Å²) in [7, 11) is 1.54. The Kier molecular flexibility index (Phi) is 6.05. The Morgan fingerprint density at radius 2 is 1.92 bits per heavy atom. The number of hydrogen-bond acceptors (Lipinski definition) is 3. The van der Waals surface area contributed by atoms with Gasteiger partial charge in [-0.1, -0.05) is 6.58 Å². The summed E-state index contributed by atoms with van der Waals surface area (Å²) in [4.78, 5) is 0. The van der Waals surface area contributed by atoms with Gasteiger partial charge in [0.1, 0.15) is 0 Å². The van der Waals surface area contributed by atoms with Crippen molar-refractivity contribution in [1.82, 2.24) is 0 Å². The highest BCUT2D eigenvalue weighted by Crippen LogP contribution is 2.13. The molecule has 0 N–H and O–H groups in total. The smallest absolute Gasteiger partial charge is 0.334 e. The molecule has 0 aliphatic heterocycles. The second kappa shape index (κ2) is 6.22. The molecule has 0 unspecified atom stereocenters. The van der Waals surface area contributed by atoms with Crippen molar-refractivity contribution in [1.29, 1.82) is 0 Å². The highest BCUT2D eigenvalue weighted by atomic mass is 28.4. The summed E-state index contributed by atoms with van der Waals surface area (Å²) in [6.07, 6.45) is 2.41. The van der Waals surface area contributed by atoms with Gasteiger partial charge in [0.15, 0.2) is 0 Å². The molecule has 0 fully saturated rings. The van der Waals surface area contributed by atoms with Crippen molar-refractivity contribution in [2.45, 2.75) is 19.0 Å². The molecule has 0 rings (SSSR count). The van der Waals surface area contributed by atoms with Gasteiger partial charge in [0.05, 0.1) is 12.9 Å². The van der Waals surface area contributed by atoms with E-state index in [0.717, 1.165) is 12.5 Å². The maximum Gasteiger partial charge on any atom is 0.334 e. The first-order valence-corrected chi connectivity index (χ1v) is 6.53. The van der Waals surface area contributed by atoms with Crippen LogP contribution >= 0.6 is 0 Å². The van der Waals surface area contributed by atoms with Gasteiger partial charge in [0, 0.05) is 14.2 Å². The molecule has 0 heterocycles. The van der Waals surface area contributed by atoms with E-state index in [1.54, 1.807) is 14.2 Å². The normalized spacial score (nSPS) is 11.2. The summed E-state index contributed by atoms with van der Waals surface area (Å²) in [5.74, 6) is 0. The average molecular weight is 190 g/mol. The van der Waals surface area contributed by atoms with Gasteiger partial charge in [-0.15, -0.1) is 0 Å². The molecule has 3 nitrogen and oxygen atoms in total.